The molecule has 0 atom stereocenters. The molecule has 0 saturated heterocycles. The van der Waals surface area contributed by atoms with Gasteiger partial charge in [0.2, 0.25) is 10.0 Å². The molecule has 0 spiro atoms. The maximum Gasteiger partial charge on any atom is 0.303 e. The molecule has 0 radical (unpaired) electrons. The standard InChI is InChI=1S/C20H21N3O4S/c1-22(14-17-13-21-23(15-17)18-5-3-2-4-6-18)28(26,27)19-10-7-16(8-11-19)9-12-20(24)25/h2-8,10-11,13,15H,9,12,14H2,1H3,(H,24,25). The van der Waals surface area contributed by atoms with Crippen LogP contribution in [0.15, 0.2) is 71.9 Å². The molecule has 1 aromatic heterocycles. The molecule has 0 bridgehead atoms. The van der Waals surface area contributed by atoms with Crippen LogP contribution in [0.4, 0.5) is 0 Å². The van der Waals surface area contributed by atoms with E-state index in [1.807, 2.05) is 30.3 Å². The van der Waals surface area contributed by atoms with Crippen molar-refractivity contribution < 1.29 is 18.3 Å². The highest BCUT2D eigenvalue weighted by atomic mass is 32.2. The number of aliphatic carboxylic acids is 1. The molecule has 3 aromatic rings. The van der Waals surface area contributed by atoms with Crippen LogP contribution in [-0.2, 0) is 27.8 Å². The van der Waals surface area contributed by atoms with Crippen LogP contribution in [0.25, 0.3) is 5.69 Å². The first-order valence-corrected chi connectivity index (χ1v) is 10.2. The van der Waals surface area contributed by atoms with Crippen molar-refractivity contribution in [3.05, 3.63) is 78.1 Å². The summed E-state index contributed by atoms with van der Waals surface area (Å²) < 4.78 is 28.6. The Morgan fingerprint density at radius 1 is 1.07 bits per heavy atom. The molecule has 0 amide bonds. The van der Waals surface area contributed by atoms with E-state index in [1.54, 1.807) is 29.2 Å². The van der Waals surface area contributed by atoms with Gasteiger partial charge in [-0.15, -0.1) is 0 Å². The molecule has 1 heterocycles. The minimum atomic E-state index is -3.66. The maximum absolute atomic E-state index is 12.8. The zero-order valence-corrected chi connectivity index (χ0v) is 16.2. The van der Waals surface area contributed by atoms with Gasteiger partial charge in [0, 0.05) is 31.8 Å². The first kappa shape index (κ1) is 19.8. The second-order valence-electron chi connectivity index (χ2n) is 6.43. The highest BCUT2D eigenvalue weighted by molar-refractivity contribution is 7.89. The molecule has 0 saturated carbocycles. The van der Waals surface area contributed by atoms with Gasteiger partial charge in [-0.3, -0.25) is 4.79 Å². The number of aromatic nitrogens is 2. The summed E-state index contributed by atoms with van der Waals surface area (Å²) in [4.78, 5) is 10.8. The zero-order valence-electron chi connectivity index (χ0n) is 15.4. The fourth-order valence-corrected chi connectivity index (χ4v) is 3.92. The first-order valence-electron chi connectivity index (χ1n) is 8.72. The smallest absolute Gasteiger partial charge is 0.303 e. The normalized spacial score (nSPS) is 11.6. The average Bonchev–Trinajstić information content (AvgIpc) is 3.16. The topological polar surface area (TPSA) is 92.5 Å². The summed E-state index contributed by atoms with van der Waals surface area (Å²) >= 11 is 0. The Labute approximate surface area is 163 Å². The Hall–Kier alpha value is -2.97. The van der Waals surface area contributed by atoms with Crippen LogP contribution in [0.1, 0.15) is 17.5 Å². The Bertz CT molecular complexity index is 1040. The predicted molar refractivity (Wildman–Crippen MR) is 105 cm³/mol. The van der Waals surface area contributed by atoms with E-state index in [1.165, 1.54) is 23.5 Å². The summed E-state index contributed by atoms with van der Waals surface area (Å²) in [6, 6.07) is 15.9. The molecular weight excluding hydrogens is 378 g/mol. The maximum atomic E-state index is 12.8. The lowest BCUT2D eigenvalue weighted by Gasteiger charge is -2.16. The van der Waals surface area contributed by atoms with E-state index in [9.17, 15) is 13.2 Å². The Morgan fingerprint density at radius 2 is 1.75 bits per heavy atom. The number of benzene rings is 2. The number of hydrogen-bond acceptors (Lipinski definition) is 4. The summed E-state index contributed by atoms with van der Waals surface area (Å²) in [5.74, 6) is -0.882. The first-order chi connectivity index (χ1) is 13.4. The summed E-state index contributed by atoms with van der Waals surface area (Å²) in [7, 11) is -2.14. The third-order valence-corrected chi connectivity index (χ3v) is 6.14. The minimum Gasteiger partial charge on any atom is -0.481 e. The minimum absolute atomic E-state index is 0.0113. The number of sulfonamides is 1. The number of carboxylic acid groups (broad SMARTS) is 1. The van der Waals surface area contributed by atoms with Gasteiger partial charge in [-0.2, -0.15) is 9.40 Å². The van der Waals surface area contributed by atoms with Crippen molar-refractivity contribution in [1.82, 2.24) is 14.1 Å². The van der Waals surface area contributed by atoms with Crippen molar-refractivity contribution in [3.63, 3.8) is 0 Å². The Kier molecular flexibility index (Phi) is 5.91. The highest BCUT2D eigenvalue weighted by Gasteiger charge is 2.21. The average molecular weight is 399 g/mol. The number of carboxylic acids is 1. The predicted octanol–water partition coefficient (Wildman–Crippen LogP) is 2.71. The lowest BCUT2D eigenvalue weighted by atomic mass is 10.1. The van der Waals surface area contributed by atoms with E-state index < -0.39 is 16.0 Å². The lowest BCUT2D eigenvalue weighted by molar-refractivity contribution is -0.136. The number of aryl methyl sites for hydroxylation is 1. The second kappa shape index (κ2) is 8.37. The SMILES string of the molecule is CN(Cc1cnn(-c2ccccc2)c1)S(=O)(=O)c1ccc(CCC(=O)O)cc1. The monoisotopic (exact) mass is 399 g/mol. The summed E-state index contributed by atoms with van der Waals surface area (Å²) in [6.07, 6.45) is 3.83. The zero-order chi connectivity index (χ0) is 20.1. The van der Waals surface area contributed by atoms with Gasteiger partial charge in [0.05, 0.1) is 16.8 Å². The number of carbonyl (C=O) groups is 1. The van der Waals surface area contributed by atoms with Gasteiger partial charge in [-0.25, -0.2) is 13.1 Å². The summed E-state index contributed by atoms with van der Waals surface area (Å²) in [5.41, 5.74) is 2.46. The molecule has 28 heavy (non-hydrogen) atoms. The second-order valence-corrected chi connectivity index (χ2v) is 8.47. The number of para-hydroxylation sites is 1. The van der Waals surface area contributed by atoms with Crippen molar-refractivity contribution in [2.24, 2.45) is 0 Å². The fourth-order valence-electron chi connectivity index (χ4n) is 2.77. The van der Waals surface area contributed by atoms with Crippen LogP contribution in [-0.4, -0.2) is 40.6 Å². The largest absolute Gasteiger partial charge is 0.481 e. The van der Waals surface area contributed by atoms with Gasteiger partial charge < -0.3 is 5.11 Å². The molecule has 2 aromatic carbocycles. The van der Waals surface area contributed by atoms with E-state index in [0.29, 0.717) is 6.42 Å². The van der Waals surface area contributed by atoms with E-state index in [0.717, 1.165) is 16.8 Å². The molecular formula is C20H21N3O4S. The molecule has 146 valence electrons. The number of rotatable bonds is 8. The van der Waals surface area contributed by atoms with E-state index in [4.69, 9.17) is 5.11 Å². The van der Waals surface area contributed by atoms with Gasteiger partial charge >= 0.3 is 5.97 Å². The van der Waals surface area contributed by atoms with Crippen LogP contribution < -0.4 is 0 Å². The quantitative estimate of drug-likeness (QED) is 0.629. The number of hydrogen-bond donors (Lipinski definition) is 1. The van der Waals surface area contributed by atoms with E-state index in [2.05, 4.69) is 5.10 Å². The van der Waals surface area contributed by atoms with Crippen LogP contribution in [0, 0.1) is 0 Å². The lowest BCUT2D eigenvalue weighted by Crippen LogP contribution is -2.26. The summed E-state index contributed by atoms with van der Waals surface area (Å²) in [5, 5.41) is 13.0. The van der Waals surface area contributed by atoms with Crippen molar-refractivity contribution in [2.45, 2.75) is 24.3 Å². The Morgan fingerprint density at radius 3 is 2.39 bits per heavy atom. The molecule has 0 aliphatic heterocycles. The fraction of sp³-hybridized carbons (Fsp3) is 0.200. The van der Waals surface area contributed by atoms with Gasteiger partial charge in [-0.05, 0) is 36.2 Å². The highest BCUT2D eigenvalue weighted by Crippen LogP contribution is 2.18. The molecule has 8 heteroatoms. The molecule has 0 aliphatic carbocycles. The molecule has 1 N–H and O–H groups in total. The molecule has 3 rings (SSSR count). The molecule has 0 aliphatic rings. The van der Waals surface area contributed by atoms with Crippen LogP contribution in [0.3, 0.4) is 0 Å². The van der Waals surface area contributed by atoms with E-state index >= 15 is 0 Å². The third kappa shape index (κ3) is 4.65. The van der Waals surface area contributed by atoms with Crippen molar-refractivity contribution in [3.8, 4) is 5.69 Å². The van der Waals surface area contributed by atoms with E-state index in [-0.39, 0.29) is 17.9 Å². The molecule has 0 fully saturated rings. The van der Waals surface area contributed by atoms with Crippen LogP contribution in [0.2, 0.25) is 0 Å². The number of nitrogens with zero attached hydrogens (tertiary/aromatic N) is 3. The van der Waals surface area contributed by atoms with Crippen molar-refractivity contribution in [1.29, 1.82) is 0 Å². The molecule has 7 nitrogen and oxygen atoms in total. The van der Waals surface area contributed by atoms with Crippen molar-refractivity contribution >= 4 is 16.0 Å². The van der Waals surface area contributed by atoms with Crippen LogP contribution >= 0.6 is 0 Å². The van der Waals surface area contributed by atoms with Gasteiger partial charge in [0.1, 0.15) is 0 Å². The van der Waals surface area contributed by atoms with Gasteiger partial charge in [-0.1, -0.05) is 30.3 Å². The van der Waals surface area contributed by atoms with Gasteiger partial charge in [0.25, 0.3) is 0 Å². The molecule has 0 unspecified atom stereocenters. The summed E-state index contributed by atoms with van der Waals surface area (Å²) in [6.45, 7) is 0.190. The van der Waals surface area contributed by atoms with Gasteiger partial charge in [0.15, 0.2) is 0 Å². The third-order valence-electron chi connectivity index (χ3n) is 4.32. The van der Waals surface area contributed by atoms with Crippen LogP contribution in [0.5, 0.6) is 0 Å². The van der Waals surface area contributed by atoms with Crippen molar-refractivity contribution in [2.75, 3.05) is 7.05 Å². The Balaban J connectivity index is 1.70.